The molecule has 0 bridgehead atoms. The zero-order chi connectivity index (χ0) is 15.9. The molecule has 6 heteroatoms. The maximum Gasteiger partial charge on any atom is 0.244 e. The van der Waals surface area contributed by atoms with Crippen molar-refractivity contribution in [1.29, 1.82) is 5.26 Å². The van der Waals surface area contributed by atoms with Crippen molar-refractivity contribution >= 4 is 0 Å². The summed E-state index contributed by atoms with van der Waals surface area (Å²) in [5.74, 6) is 0.196. The Bertz CT molecular complexity index is 777. The zero-order valence-corrected chi connectivity index (χ0v) is 12.7. The number of nitriles is 1. The fourth-order valence-electron chi connectivity index (χ4n) is 2.70. The van der Waals surface area contributed by atoms with E-state index in [0.717, 1.165) is 16.8 Å². The van der Waals surface area contributed by atoms with Gasteiger partial charge in [-0.2, -0.15) is 5.26 Å². The lowest BCUT2D eigenvalue weighted by Gasteiger charge is -2.27. The molecule has 1 aliphatic rings. The first-order valence-corrected chi connectivity index (χ1v) is 6.99. The summed E-state index contributed by atoms with van der Waals surface area (Å²) in [5.41, 5.74) is 8.79. The number of hydrogen-bond donors (Lipinski definition) is 2. The summed E-state index contributed by atoms with van der Waals surface area (Å²) in [6.07, 6.45) is 3.44. The van der Waals surface area contributed by atoms with Crippen LogP contribution in [0.5, 0.6) is 5.88 Å². The van der Waals surface area contributed by atoms with Crippen LogP contribution in [0.2, 0.25) is 0 Å². The van der Waals surface area contributed by atoms with Gasteiger partial charge in [0, 0.05) is 23.5 Å². The third kappa shape index (κ3) is 2.11. The molecule has 3 rings (SSSR count). The van der Waals surface area contributed by atoms with E-state index in [4.69, 9.17) is 10.5 Å². The van der Waals surface area contributed by atoms with Crippen molar-refractivity contribution in [2.45, 2.75) is 32.1 Å². The fourth-order valence-corrected chi connectivity index (χ4v) is 2.70. The molecular formula is C16H17N5O. The molecule has 0 aromatic carbocycles. The molecule has 0 amide bonds. The van der Waals surface area contributed by atoms with Gasteiger partial charge in [0.05, 0.1) is 11.5 Å². The summed E-state index contributed by atoms with van der Waals surface area (Å²) in [4.78, 5) is 4.16. The number of nitrogens with two attached hydrogens (primary N) is 1. The summed E-state index contributed by atoms with van der Waals surface area (Å²) in [6, 6.07) is 5.94. The number of fused-ring (bicyclic) bond motifs is 1. The molecule has 1 atom stereocenters. The first kappa shape index (κ1) is 14.1. The number of hydrogen-bond acceptors (Lipinski definition) is 5. The van der Waals surface area contributed by atoms with E-state index in [0.29, 0.717) is 11.5 Å². The van der Waals surface area contributed by atoms with Gasteiger partial charge in [-0.25, -0.2) is 0 Å². The van der Waals surface area contributed by atoms with Crippen LogP contribution in [0.15, 0.2) is 36.0 Å². The molecule has 22 heavy (non-hydrogen) atoms. The Labute approximate surface area is 128 Å². The minimum atomic E-state index is -0.324. The van der Waals surface area contributed by atoms with Gasteiger partial charge < -0.3 is 10.5 Å². The van der Waals surface area contributed by atoms with Crippen molar-refractivity contribution in [2.24, 2.45) is 5.73 Å². The number of rotatable bonds is 1. The van der Waals surface area contributed by atoms with E-state index >= 15 is 0 Å². The normalized spacial score (nSPS) is 17.6. The summed E-state index contributed by atoms with van der Waals surface area (Å²) in [5, 5.41) is 16.8. The smallest absolute Gasteiger partial charge is 0.244 e. The number of nitrogens with one attached hydrogen (secondary N) is 1. The first-order chi connectivity index (χ1) is 10.4. The van der Waals surface area contributed by atoms with Gasteiger partial charge in [0.2, 0.25) is 11.8 Å². The van der Waals surface area contributed by atoms with Crippen molar-refractivity contribution < 1.29 is 4.74 Å². The van der Waals surface area contributed by atoms with Crippen LogP contribution in [0.3, 0.4) is 0 Å². The lowest BCUT2D eigenvalue weighted by atomic mass is 9.79. The molecule has 2 aromatic rings. The molecule has 0 unspecified atom stereocenters. The van der Waals surface area contributed by atoms with Crippen molar-refractivity contribution in [1.82, 2.24) is 15.2 Å². The van der Waals surface area contributed by atoms with Crippen LogP contribution in [0.1, 0.15) is 43.5 Å². The Hall–Kier alpha value is -2.81. The van der Waals surface area contributed by atoms with Gasteiger partial charge in [-0.1, -0.05) is 26.8 Å². The number of nitrogens with zero attached hydrogens (tertiary/aromatic N) is 3. The van der Waals surface area contributed by atoms with Crippen molar-refractivity contribution in [3.63, 3.8) is 0 Å². The van der Waals surface area contributed by atoms with Crippen molar-refractivity contribution in [2.75, 3.05) is 0 Å². The summed E-state index contributed by atoms with van der Waals surface area (Å²) in [6.45, 7) is 6.23. The molecule has 0 saturated heterocycles. The molecule has 0 fully saturated rings. The van der Waals surface area contributed by atoms with Gasteiger partial charge in [-0.3, -0.25) is 10.1 Å². The molecule has 1 aliphatic heterocycles. The highest BCUT2D eigenvalue weighted by Crippen LogP contribution is 2.45. The van der Waals surface area contributed by atoms with Crippen LogP contribution in [-0.2, 0) is 5.41 Å². The van der Waals surface area contributed by atoms with E-state index in [1.165, 1.54) is 0 Å². The molecule has 0 radical (unpaired) electrons. The van der Waals surface area contributed by atoms with Crippen molar-refractivity contribution in [3.05, 3.63) is 52.8 Å². The number of aromatic nitrogens is 3. The topological polar surface area (TPSA) is 101 Å². The largest absolute Gasteiger partial charge is 0.420 e. The Morgan fingerprint density at radius 3 is 2.77 bits per heavy atom. The minimum Gasteiger partial charge on any atom is -0.420 e. The lowest BCUT2D eigenvalue weighted by molar-refractivity contribution is 0.378. The SMILES string of the molecule is CC(C)(C)c1[nH]nc2c1[C@@H](c1cccnc1)C(C#N)=C(N)O2. The maximum absolute atomic E-state index is 9.53. The fraction of sp³-hybridized carbons (Fsp3) is 0.312. The van der Waals surface area contributed by atoms with Gasteiger partial charge in [0.25, 0.3) is 0 Å². The third-order valence-electron chi connectivity index (χ3n) is 3.71. The Morgan fingerprint density at radius 2 is 2.18 bits per heavy atom. The number of aromatic amines is 1. The highest BCUT2D eigenvalue weighted by Gasteiger charge is 2.37. The van der Waals surface area contributed by atoms with Gasteiger partial charge in [-0.15, -0.1) is 5.10 Å². The maximum atomic E-state index is 9.53. The molecule has 0 aliphatic carbocycles. The number of ether oxygens (including phenoxy) is 1. The monoisotopic (exact) mass is 295 g/mol. The van der Waals surface area contributed by atoms with E-state index in [1.807, 2.05) is 12.1 Å². The second-order valence-corrected chi connectivity index (χ2v) is 6.28. The number of allylic oxidation sites excluding steroid dienone is 1. The van der Waals surface area contributed by atoms with Gasteiger partial charge in [0.15, 0.2) is 0 Å². The molecule has 112 valence electrons. The van der Waals surface area contributed by atoms with E-state index in [9.17, 15) is 5.26 Å². The van der Waals surface area contributed by atoms with E-state index in [-0.39, 0.29) is 17.2 Å². The standard InChI is InChI=1S/C16H17N5O/c1-16(2,3)13-12-11(9-5-4-6-19-8-9)10(7-17)14(18)22-15(12)21-20-13/h4-6,8,11H,18H2,1-3H3,(H,20,21)/t11-/m0/s1. The molecule has 0 spiro atoms. The Kier molecular flexibility index (Phi) is 3.14. The first-order valence-electron chi connectivity index (χ1n) is 6.99. The van der Waals surface area contributed by atoms with Crippen LogP contribution in [0.4, 0.5) is 0 Å². The van der Waals surface area contributed by atoms with Crippen LogP contribution in [0.25, 0.3) is 0 Å². The average molecular weight is 295 g/mol. The van der Waals surface area contributed by atoms with E-state index in [1.54, 1.807) is 12.4 Å². The predicted octanol–water partition coefficient (Wildman–Crippen LogP) is 2.32. The van der Waals surface area contributed by atoms with Gasteiger partial charge in [0.1, 0.15) is 11.6 Å². The van der Waals surface area contributed by atoms with E-state index < -0.39 is 0 Å². The Morgan fingerprint density at radius 1 is 1.41 bits per heavy atom. The van der Waals surface area contributed by atoms with Crippen molar-refractivity contribution in [3.8, 4) is 11.9 Å². The summed E-state index contributed by atoms with van der Waals surface area (Å²) in [7, 11) is 0. The average Bonchev–Trinajstić information content (AvgIpc) is 2.90. The number of pyridine rings is 1. The van der Waals surface area contributed by atoms with E-state index in [2.05, 4.69) is 42.0 Å². The molecule has 3 N–H and O–H groups in total. The van der Waals surface area contributed by atoms with Crippen LogP contribution < -0.4 is 10.5 Å². The van der Waals surface area contributed by atoms with Gasteiger partial charge in [-0.05, 0) is 11.6 Å². The minimum absolute atomic E-state index is 0.0933. The van der Waals surface area contributed by atoms with Crippen LogP contribution >= 0.6 is 0 Å². The number of H-pyrrole nitrogens is 1. The van der Waals surface area contributed by atoms with Crippen LogP contribution in [0, 0.1) is 11.3 Å². The second-order valence-electron chi connectivity index (χ2n) is 6.28. The highest BCUT2D eigenvalue weighted by atomic mass is 16.5. The quantitative estimate of drug-likeness (QED) is 0.840. The molecule has 3 heterocycles. The molecule has 0 saturated carbocycles. The molecule has 6 nitrogen and oxygen atoms in total. The highest BCUT2D eigenvalue weighted by molar-refractivity contribution is 5.55. The molecular weight excluding hydrogens is 278 g/mol. The lowest BCUT2D eigenvalue weighted by Crippen LogP contribution is -2.23. The Balaban J connectivity index is 2.27. The van der Waals surface area contributed by atoms with Crippen LogP contribution in [-0.4, -0.2) is 15.2 Å². The third-order valence-corrected chi connectivity index (χ3v) is 3.71. The predicted molar refractivity (Wildman–Crippen MR) is 80.8 cm³/mol. The summed E-state index contributed by atoms with van der Waals surface area (Å²) >= 11 is 0. The summed E-state index contributed by atoms with van der Waals surface area (Å²) < 4.78 is 5.53. The zero-order valence-electron chi connectivity index (χ0n) is 12.7. The second kappa shape index (κ2) is 4.88. The van der Waals surface area contributed by atoms with Gasteiger partial charge >= 0.3 is 0 Å². The molecule has 2 aromatic heterocycles.